The Morgan fingerprint density at radius 1 is 1.11 bits per heavy atom. The molecule has 0 radical (unpaired) electrons. The highest BCUT2D eigenvalue weighted by atomic mass is 79.9. The summed E-state index contributed by atoms with van der Waals surface area (Å²) in [5, 5.41) is 0. The summed E-state index contributed by atoms with van der Waals surface area (Å²) in [4.78, 5) is 0. The van der Waals surface area contributed by atoms with Gasteiger partial charge < -0.3 is 9.05 Å². The van der Waals surface area contributed by atoms with E-state index in [0.29, 0.717) is 13.2 Å². The van der Waals surface area contributed by atoms with E-state index in [1.165, 1.54) is 5.56 Å². The number of rotatable bonds is 6. The van der Waals surface area contributed by atoms with Crippen molar-refractivity contribution in [3.05, 3.63) is 34.4 Å². The Balaban J connectivity index is 3.24. The minimum Gasteiger partial charge on any atom is -0.308 e. The molecule has 0 saturated carbocycles. The normalized spacial score (nSPS) is 13.6. The quantitative estimate of drug-likeness (QED) is 0.518. The highest BCUT2D eigenvalue weighted by Crippen LogP contribution is 2.64. The van der Waals surface area contributed by atoms with Gasteiger partial charge in [0.1, 0.15) is 4.57 Å². The maximum Gasteiger partial charge on any atom is 0.348 e. The summed E-state index contributed by atoms with van der Waals surface area (Å²) in [5.74, 6) is 0. The molecule has 1 aromatic rings. The van der Waals surface area contributed by atoms with E-state index in [1.54, 1.807) is 0 Å². The molecule has 108 valence electrons. The van der Waals surface area contributed by atoms with E-state index in [2.05, 4.69) is 35.0 Å². The molecule has 0 fully saturated rings. The SMILES string of the molecule is CCOP(=O)(OCC)C(Br)c1c(C)cc(C)cc1C. The van der Waals surface area contributed by atoms with Crippen LogP contribution in [0.3, 0.4) is 0 Å². The van der Waals surface area contributed by atoms with Crippen LogP contribution < -0.4 is 0 Å². The van der Waals surface area contributed by atoms with Gasteiger partial charge in [0.05, 0.1) is 13.2 Å². The molecule has 3 nitrogen and oxygen atoms in total. The van der Waals surface area contributed by atoms with Crippen LogP contribution in [0.4, 0.5) is 0 Å². The highest BCUT2D eigenvalue weighted by Gasteiger charge is 2.36. The fourth-order valence-corrected chi connectivity index (χ4v) is 5.46. The molecule has 0 N–H and O–H groups in total. The summed E-state index contributed by atoms with van der Waals surface area (Å²) in [6.07, 6.45) is 0. The summed E-state index contributed by atoms with van der Waals surface area (Å²) in [6.45, 7) is 10.5. The first-order chi connectivity index (χ1) is 8.85. The maximum atomic E-state index is 12.8. The van der Waals surface area contributed by atoms with E-state index in [4.69, 9.17) is 9.05 Å². The third-order valence-corrected chi connectivity index (χ3v) is 6.88. The first kappa shape index (κ1) is 16.9. The summed E-state index contributed by atoms with van der Waals surface area (Å²) < 4.78 is 23.2. The fraction of sp³-hybridized carbons (Fsp3) is 0.571. The van der Waals surface area contributed by atoms with Crippen molar-refractivity contribution in [3.63, 3.8) is 0 Å². The largest absolute Gasteiger partial charge is 0.348 e. The summed E-state index contributed by atoms with van der Waals surface area (Å²) in [7, 11) is -3.18. The zero-order chi connectivity index (χ0) is 14.6. The van der Waals surface area contributed by atoms with Crippen LogP contribution in [-0.2, 0) is 13.6 Å². The standard InChI is InChI=1S/C14H22BrO3P/c1-6-17-19(16,18-7-2)14(15)13-11(4)8-10(3)9-12(13)5/h8-9,14H,6-7H2,1-5H3. The van der Waals surface area contributed by atoms with Crippen molar-refractivity contribution >= 4 is 23.5 Å². The van der Waals surface area contributed by atoms with Crippen molar-refractivity contribution in [1.82, 2.24) is 0 Å². The van der Waals surface area contributed by atoms with Crippen molar-refractivity contribution in [2.24, 2.45) is 0 Å². The second kappa shape index (κ2) is 7.03. The van der Waals surface area contributed by atoms with Crippen molar-refractivity contribution in [2.45, 2.75) is 39.2 Å². The summed E-state index contributed by atoms with van der Waals surface area (Å²) >= 11 is 3.52. The molecule has 1 atom stereocenters. The van der Waals surface area contributed by atoms with Crippen molar-refractivity contribution < 1.29 is 13.6 Å². The van der Waals surface area contributed by atoms with Gasteiger partial charge in [-0.25, -0.2) is 0 Å². The smallest absolute Gasteiger partial charge is 0.308 e. The van der Waals surface area contributed by atoms with E-state index >= 15 is 0 Å². The molecule has 0 aliphatic rings. The monoisotopic (exact) mass is 348 g/mol. The number of hydrogen-bond acceptors (Lipinski definition) is 3. The van der Waals surface area contributed by atoms with Gasteiger partial charge >= 0.3 is 7.60 Å². The third-order valence-electron chi connectivity index (χ3n) is 2.87. The van der Waals surface area contributed by atoms with Gasteiger partial charge in [0, 0.05) is 0 Å². The number of aryl methyl sites for hydroxylation is 3. The van der Waals surface area contributed by atoms with Crippen molar-refractivity contribution in [1.29, 1.82) is 0 Å². The van der Waals surface area contributed by atoms with Crippen LogP contribution in [0.5, 0.6) is 0 Å². The molecule has 5 heteroatoms. The van der Waals surface area contributed by atoms with E-state index < -0.39 is 12.2 Å². The topological polar surface area (TPSA) is 35.5 Å². The second-order valence-corrected chi connectivity index (χ2v) is 8.26. The van der Waals surface area contributed by atoms with Crippen LogP contribution in [0.2, 0.25) is 0 Å². The Morgan fingerprint density at radius 3 is 1.89 bits per heavy atom. The molecule has 0 amide bonds. The average Bonchev–Trinajstić information content (AvgIpc) is 2.27. The number of halogens is 1. The van der Waals surface area contributed by atoms with E-state index in [1.807, 2.05) is 27.7 Å². The van der Waals surface area contributed by atoms with Gasteiger partial charge in [-0.3, -0.25) is 4.57 Å². The maximum absolute atomic E-state index is 12.8. The summed E-state index contributed by atoms with van der Waals surface area (Å²) in [5.41, 5.74) is 4.38. The van der Waals surface area contributed by atoms with Crippen LogP contribution in [0.15, 0.2) is 12.1 Å². The molecule has 0 spiro atoms. The van der Waals surface area contributed by atoms with E-state index in [9.17, 15) is 4.57 Å². The van der Waals surface area contributed by atoms with Gasteiger partial charge in [0.15, 0.2) is 0 Å². The zero-order valence-electron chi connectivity index (χ0n) is 12.2. The molecule has 1 rings (SSSR count). The molecular formula is C14H22BrO3P. The highest BCUT2D eigenvalue weighted by molar-refractivity contribution is 9.10. The molecule has 1 aromatic carbocycles. The van der Waals surface area contributed by atoms with E-state index in [-0.39, 0.29) is 0 Å². The Morgan fingerprint density at radius 2 is 1.53 bits per heavy atom. The molecule has 0 bridgehead atoms. The van der Waals surface area contributed by atoms with Gasteiger partial charge in [0.2, 0.25) is 0 Å². The second-order valence-electron chi connectivity index (χ2n) is 4.52. The van der Waals surface area contributed by atoms with Crippen LogP contribution in [0.1, 0.15) is 40.7 Å². The lowest BCUT2D eigenvalue weighted by atomic mass is 10.0. The molecule has 0 aliphatic heterocycles. The first-order valence-electron chi connectivity index (χ1n) is 6.46. The van der Waals surface area contributed by atoms with E-state index in [0.717, 1.165) is 16.7 Å². The Hall–Kier alpha value is -0.150. The Kier molecular flexibility index (Phi) is 6.25. The van der Waals surface area contributed by atoms with Gasteiger partial charge in [0.25, 0.3) is 0 Å². The fourth-order valence-electron chi connectivity index (χ4n) is 2.25. The number of benzene rings is 1. The average molecular weight is 349 g/mol. The predicted octanol–water partition coefficient (Wildman–Crippen LogP) is 5.27. The number of alkyl halides is 1. The predicted molar refractivity (Wildman–Crippen MR) is 83.2 cm³/mol. The van der Waals surface area contributed by atoms with Crippen molar-refractivity contribution in [3.8, 4) is 0 Å². The third kappa shape index (κ3) is 3.91. The molecule has 19 heavy (non-hydrogen) atoms. The van der Waals surface area contributed by atoms with Crippen LogP contribution in [0, 0.1) is 20.8 Å². The van der Waals surface area contributed by atoms with Crippen LogP contribution in [0.25, 0.3) is 0 Å². The van der Waals surface area contributed by atoms with Gasteiger partial charge in [-0.15, -0.1) is 0 Å². The van der Waals surface area contributed by atoms with Crippen LogP contribution in [-0.4, -0.2) is 13.2 Å². The van der Waals surface area contributed by atoms with Gasteiger partial charge in [-0.05, 0) is 51.3 Å². The van der Waals surface area contributed by atoms with Gasteiger partial charge in [-0.2, -0.15) is 0 Å². The Bertz CT molecular complexity index is 455. The molecule has 0 aromatic heterocycles. The lowest BCUT2D eigenvalue weighted by Crippen LogP contribution is -2.05. The molecule has 0 aliphatic carbocycles. The lowest BCUT2D eigenvalue weighted by Gasteiger charge is -2.25. The zero-order valence-corrected chi connectivity index (χ0v) is 14.7. The molecule has 0 heterocycles. The Labute approximate surface area is 124 Å². The minimum atomic E-state index is -3.18. The number of hydrogen-bond donors (Lipinski definition) is 0. The molecule has 0 saturated heterocycles. The van der Waals surface area contributed by atoms with Gasteiger partial charge in [-0.1, -0.05) is 33.6 Å². The molecular weight excluding hydrogens is 327 g/mol. The first-order valence-corrected chi connectivity index (χ1v) is 8.99. The van der Waals surface area contributed by atoms with Crippen molar-refractivity contribution in [2.75, 3.05) is 13.2 Å². The summed E-state index contributed by atoms with van der Waals surface area (Å²) in [6, 6.07) is 4.16. The lowest BCUT2D eigenvalue weighted by molar-refractivity contribution is 0.219. The van der Waals surface area contributed by atoms with Crippen LogP contribution >= 0.6 is 23.5 Å². The molecule has 1 unspecified atom stereocenters. The minimum absolute atomic E-state index is 0.364.